The Morgan fingerprint density at radius 3 is 3.35 bits per heavy atom. The second-order valence-electron chi connectivity index (χ2n) is 3.77. The summed E-state index contributed by atoms with van der Waals surface area (Å²) in [6, 6.07) is 2.00. The molecule has 0 spiro atoms. The van der Waals surface area contributed by atoms with Gasteiger partial charge in [0, 0.05) is 18.7 Å². The largest absolute Gasteiger partial charge is 0.376 e. The first kappa shape index (κ1) is 12.5. The summed E-state index contributed by atoms with van der Waals surface area (Å²) >= 11 is 6.74. The molecule has 4 nitrogen and oxygen atoms in total. The van der Waals surface area contributed by atoms with E-state index in [2.05, 4.69) is 15.8 Å². The van der Waals surface area contributed by atoms with Crippen LogP contribution < -0.4 is 10.7 Å². The molecule has 2 N–H and O–H groups in total. The number of hydrogen-bond acceptors (Lipinski definition) is 4. The number of thiocarbonyl (C=S) groups is 1. The van der Waals surface area contributed by atoms with Crippen molar-refractivity contribution in [2.24, 2.45) is 5.10 Å². The highest BCUT2D eigenvalue weighted by molar-refractivity contribution is 7.80. The summed E-state index contributed by atoms with van der Waals surface area (Å²) in [6.45, 7) is 1.61. The van der Waals surface area contributed by atoms with Crippen molar-refractivity contribution >= 4 is 34.9 Å². The molecule has 1 saturated heterocycles. The summed E-state index contributed by atoms with van der Waals surface area (Å²) in [4.78, 5) is 0. The van der Waals surface area contributed by atoms with Crippen LogP contribution in [0, 0.1) is 0 Å². The van der Waals surface area contributed by atoms with Crippen LogP contribution in [0.4, 0.5) is 0 Å². The smallest absolute Gasteiger partial charge is 0.187 e. The Hall–Kier alpha value is -0.980. The summed E-state index contributed by atoms with van der Waals surface area (Å²) in [6.07, 6.45) is 4.28. The van der Waals surface area contributed by atoms with Crippen LogP contribution in [-0.2, 0) is 4.74 Å². The number of hydrazone groups is 1. The van der Waals surface area contributed by atoms with E-state index in [0.29, 0.717) is 5.11 Å². The van der Waals surface area contributed by atoms with Crippen LogP contribution in [0.5, 0.6) is 0 Å². The third-order valence-electron chi connectivity index (χ3n) is 2.44. The van der Waals surface area contributed by atoms with Crippen molar-refractivity contribution in [1.82, 2.24) is 10.7 Å². The molecule has 1 aliphatic rings. The van der Waals surface area contributed by atoms with Crippen LogP contribution in [0.3, 0.4) is 0 Å². The van der Waals surface area contributed by atoms with Gasteiger partial charge in [-0.2, -0.15) is 16.4 Å². The first-order valence-corrected chi connectivity index (χ1v) is 6.90. The molecule has 0 saturated carbocycles. The second-order valence-corrected chi connectivity index (χ2v) is 4.96. The van der Waals surface area contributed by atoms with Crippen molar-refractivity contribution in [3.8, 4) is 0 Å². The maximum atomic E-state index is 5.48. The first-order valence-electron chi connectivity index (χ1n) is 5.55. The van der Waals surface area contributed by atoms with Gasteiger partial charge >= 0.3 is 0 Å². The summed E-state index contributed by atoms with van der Waals surface area (Å²) in [5.41, 5.74) is 3.86. The Morgan fingerprint density at radius 1 is 1.71 bits per heavy atom. The van der Waals surface area contributed by atoms with Crippen LogP contribution in [0.2, 0.25) is 0 Å². The van der Waals surface area contributed by atoms with Crippen molar-refractivity contribution in [3.05, 3.63) is 22.4 Å². The van der Waals surface area contributed by atoms with Crippen LogP contribution in [0.15, 0.2) is 21.9 Å². The van der Waals surface area contributed by atoms with Gasteiger partial charge in [-0.25, -0.2) is 0 Å². The van der Waals surface area contributed by atoms with E-state index >= 15 is 0 Å². The Morgan fingerprint density at radius 2 is 2.65 bits per heavy atom. The predicted molar refractivity (Wildman–Crippen MR) is 74.6 cm³/mol. The lowest BCUT2D eigenvalue weighted by Gasteiger charge is -2.11. The monoisotopic (exact) mass is 269 g/mol. The van der Waals surface area contributed by atoms with Gasteiger partial charge in [-0.15, -0.1) is 0 Å². The van der Waals surface area contributed by atoms with Gasteiger partial charge in [0.1, 0.15) is 0 Å². The van der Waals surface area contributed by atoms with E-state index < -0.39 is 0 Å². The van der Waals surface area contributed by atoms with Gasteiger partial charge in [0.2, 0.25) is 0 Å². The van der Waals surface area contributed by atoms with Crippen LogP contribution in [0.25, 0.3) is 0 Å². The molecule has 1 fully saturated rings. The quantitative estimate of drug-likeness (QED) is 0.496. The number of nitrogens with one attached hydrogen (secondary N) is 2. The Bertz CT molecular complexity index is 372. The summed E-state index contributed by atoms with van der Waals surface area (Å²) < 4.78 is 5.48. The molecule has 2 rings (SSSR count). The van der Waals surface area contributed by atoms with E-state index in [9.17, 15) is 0 Å². The van der Waals surface area contributed by atoms with Gasteiger partial charge in [-0.05, 0) is 41.9 Å². The molecule has 2 heterocycles. The number of thiophene rings is 1. The zero-order valence-electron chi connectivity index (χ0n) is 9.39. The van der Waals surface area contributed by atoms with E-state index in [0.717, 1.165) is 31.6 Å². The molecule has 1 aliphatic heterocycles. The number of nitrogens with zero attached hydrogens (tertiary/aromatic N) is 1. The standard InChI is InChI=1S/C11H15N3OS2/c16-11(12-7-10-2-1-4-15-10)14-13-6-9-3-5-17-8-9/h3,5-6,8,10H,1-2,4,7H2,(H2,12,14,16)/b13-6-/t10-/m0/s1. The van der Waals surface area contributed by atoms with Gasteiger partial charge in [0.05, 0.1) is 12.3 Å². The molecule has 1 aromatic heterocycles. The van der Waals surface area contributed by atoms with Gasteiger partial charge in [0.15, 0.2) is 5.11 Å². The Kier molecular flexibility index (Phi) is 4.90. The molecule has 1 aromatic rings. The molecule has 0 aromatic carbocycles. The molecule has 1 atom stereocenters. The normalized spacial score (nSPS) is 19.6. The Labute approximate surface area is 110 Å². The summed E-state index contributed by atoms with van der Waals surface area (Å²) in [7, 11) is 0. The SMILES string of the molecule is S=C(NC[C@@H]1CCCO1)N/N=C\c1ccsc1. The van der Waals surface area contributed by atoms with E-state index in [4.69, 9.17) is 17.0 Å². The third kappa shape index (κ3) is 4.41. The highest BCUT2D eigenvalue weighted by Crippen LogP contribution is 2.10. The topological polar surface area (TPSA) is 45.6 Å². The van der Waals surface area contributed by atoms with Crippen molar-refractivity contribution in [3.63, 3.8) is 0 Å². The molecule has 0 aliphatic carbocycles. The van der Waals surface area contributed by atoms with Crippen molar-refractivity contribution in [1.29, 1.82) is 0 Å². The zero-order chi connectivity index (χ0) is 11.9. The van der Waals surface area contributed by atoms with E-state index in [1.54, 1.807) is 17.6 Å². The summed E-state index contributed by atoms with van der Waals surface area (Å²) in [5, 5.41) is 11.7. The molecule has 6 heteroatoms. The highest BCUT2D eigenvalue weighted by atomic mass is 32.1. The summed E-state index contributed by atoms with van der Waals surface area (Å²) in [5.74, 6) is 0. The van der Waals surface area contributed by atoms with Gasteiger partial charge < -0.3 is 10.1 Å². The van der Waals surface area contributed by atoms with E-state index in [1.165, 1.54) is 0 Å². The fraction of sp³-hybridized carbons (Fsp3) is 0.455. The molecule has 17 heavy (non-hydrogen) atoms. The van der Waals surface area contributed by atoms with Crippen LogP contribution in [-0.4, -0.2) is 30.6 Å². The average molecular weight is 269 g/mol. The minimum Gasteiger partial charge on any atom is -0.376 e. The van der Waals surface area contributed by atoms with Crippen molar-refractivity contribution in [2.45, 2.75) is 18.9 Å². The second kappa shape index (κ2) is 6.68. The van der Waals surface area contributed by atoms with Crippen molar-refractivity contribution < 1.29 is 4.74 Å². The lowest BCUT2D eigenvalue weighted by molar-refractivity contribution is 0.114. The maximum absolute atomic E-state index is 5.48. The number of hydrogen-bond donors (Lipinski definition) is 2. The minimum atomic E-state index is 0.288. The fourth-order valence-corrected chi connectivity index (χ4v) is 2.31. The minimum absolute atomic E-state index is 0.288. The Balaban J connectivity index is 1.63. The molecule has 0 radical (unpaired) electrons. The average Bonchev–Trinajstić information content (AvgIpc) is 2.99. The van der Waals surface area contributed by atoms with Gasteiger partial charge in [-0.3, -0.25) is 5.43 Å². The van der Waals surface area contributed by atoms with Crippen molar-refractivity contribution in [2.75, 3.05) is 13.2 Å². The molecular weight excluding hydrogens is 254 g/mol. The van der Waals surface area contributed by atoms with E-state index in [1.807, 2.05) is 16.8 Å². The van der Waals surface area contributed by atoms with Crippen LogP contribution in [0.1, 0.15) is 18.4 Å². The lowest BCUT2D eigenvalue weighted by Crippen LogP contribution is -2.37. The van der Waals surface area contributed by atoms with Gasteiger partial charge in [0.25, 0.3) is 0 Å². The number of ether oxygens (including phenoxy) is 1. The van der Waals surface area contributed by atoms with E-state index in [-0.39, 0.29) is 6.10 Å². The van der Waals surface area contributed by atoms with Crippen LogP contribution >= 0.6 is 23.6 Å². The lowest BCUT2D eigenvalue weighted by atomic mass is 10.2. The van der Waals surface area contributed by atoms with Gasteiger partial charge in [-0.1, -0.05) is 0 Å². The highest BCUT2D eigenvalue weighted by Gasteiger charge is 2.14. The molecule has 0 bridgehead atoms. The predicted octanol–water partition coefficient (Wildman–Crippen LogP) is 1.73. The number of rotatable bonds is 4. The molecule has 0 amide bonds. The fourth-order valence-electron chi connectivity index (χ4n) is 1.57. The third-order valence-corrected chi connectivity index (χ3v) is 3.37. The molecular formula is C11H15N3OS2. The zero-order valence-corrected chi connectivity index (χ0v) is 11.0. The first-order chi connectivity index (χ1) is 8.34. The molecule has 0 unspecified atom stereocenters. The molecule has 92 valence electrons. The maximum Gasteiger partial charge on any atom is 0.187 e.